The molecule has 1 N–H and O–H groups in total. The van der Waals surface area contributed by atoms with Crippen LogP contribution in [0.1, 0.15) is 125 Å². The number of aromatic nitrogens is 3. The van der Waals surface area contributed by atoms with E-state index in [0.29, 0.717) is 11.4 Å². The Bertz CT molecular complexity index is 3570. The molecule has 0 aliphatic carbocycles. The number of aromatic hydroxyl groups is 1. The molecule has 380 valence electrons. The number of para-hydroxylation sites is 1. The first-order valence-electron chi connectivity index (χ1n) is 25.9. The minimum atomic E-state index is -0.615. The van der Waals surface area contributed by atoms with Crippen LogP contribution in [0.3, 0.4) is 0 Å². The summed E-state index contributed by atoms with van der Waals surface area (Å²) >= 11 is 0. The van der Waals surface area contributed by atoms with Gasteiger partial charge in [-0.3, -0.25) is 9.55 Å². The van der Waals surface area contributed by atoms with Crippen molar-refractivity contribution < 1.29 is 30.9 Å². The van der Waals surface area contributed by atoms with Crippen LogP contribution in [0.2, 0.25) is 0 Å². The number of pyridine rings is 1. The van der Waals surface area contributed by atoms with E-state index < -0.39 is 5.60 Å². The summed E-state index contributed by atoms with van der Waals surface area (Å²) in [5.41, 5.74) is 17.7. The number of phenols is 1. The summed E-state index contributed by atoms with van der Waals surface area (Å²) in [6.45, 7) is 31.1. The van der Waals surface area contributed by atoms with Crippen LogP contribution < -0.4 is 4.74 Å². The normalized spacial score (nSPS) is 13.5. The van der Waals surface area contributed by atoms with Crippen LogP contribution >= 0.6 is 0 Å². The SMILES string of the molecule is CC(C)(C)Cc1ccc(-c2ccnc(-c3[c-]c(-c4cccc5c4nc(-c4cc(C(C)(C)C)cc(C(C)(C)C)c4O)n5-c4ccc(C(C)(C)C)cc4-c4ccccc4)cc4c3OC(C)(C)c3ccccc3-4)c2)cc1.[Pt]. The molecule has 0 radical (unpaired) electrons. The van der Waals surface area contributed by atoms with E-state index in [0.717, 1.165) is 101 Å². The molecule has 9 aromatic rings. The van der Waals surface area contributed by atoms with Gasteiger partial charge >= 0.3 is 0 Å². The zero-order valence-electron chi connectivity index (χ0n) is 45.7. The van der Waals surface area contributed by atoms with Gasteiger partial charge in [-0.25, -0.2) is 4.98 Å². The van der Waals surface area contributed by atoms with Crippen LogP contribution in [0, 0.1) is 11.5 Å². The molecule has 0 atom stereocenters. The summed E-state index contributed by atoms with van der Waals surface area (Å²) in [6.07, 6.45) is 2.90. The standard InChI is InChI=1S/C68H70N3O2.Pt/c1-64(2,3)41-42-27-29-43(30-28-42)45-33-34-69-57(37-45)53-36-46(35-52-50-23-18-19-25-55(50)68(13,14)73-62(52)53)49-24-20-26-59-60(49)70-63(54-39-48(66(7,8)9)40-56(61(54)72)67(10,11)12)71(59)58-32-31-47(65(4,5)6)38-51(58)44-21-16-15-17-22-44;/h15-35,37-40,72H,41H2,1-14H3;/q-1;. The van der Waals surface area contributed by atoms with Gasteiger partial charge in [-0.05, 0) is 117 Å². The molecule has 7 aromatic carbocycles. The third-order valence-corrected chi connectivity index (χ3v) is 14.5. The Morgan fingerprint density at radius 3 is 1.92 bits per heavy atom. The quantitative estimate of drug-likeness (QED) is 0.162. The van der Waals surface area contributed by atoms with Crippen molar-refractivity contribution in [3.05, 3.63) is 186 Å². The summed E-state index contributed by atoms with van der Waals surface area (Å²) in [5.74, 6) is 1.65. The number of ether oxygens (including phenoxy) is 1. The maximum atomic E-state index is 12.7. The predicted octanol–water partition coefficient (Wildman–Crippen LogP) is 18.0. The van der Waals surface area contributed by atoms with E-state index in [-0.39, 0.29) is 48.5 Å². The summed E-state index contributed by atoms with van der Waals surface area (Å²) in [5, 5.41) is 12.7. The minimum absolute atomic E-state index is 0. The van der Waals surface area contributed by atoms with Crippen LogP contribution in [0.4, 0.5) is 0 Å². The second kappa shape index (κ2) is 19.0. The van der Waals surface area contributed by atoms with E-state index in [1.807, 2.05) is 6.20 Å². The Labute approximate surface area is 454 Å². The van der Waals surface area contributed by atoms with Gasteiger partial charge in [0, 0.05) is 49.6 Å². The molecule has 0 saturated heterocycles. The average Bonchev–Trinajstić information content (AvgIpc) is 3.72. The molecular formula is C68H70N3O2Pt-. The molecule has 0 bridgehead atoms. The zero-order valence-corrected chi connectivity index (χ0v) is 47.9. The number of rotatable bonds is 7. The third-order valence-electron chi connectivity index (χ3n) is 14.5. The van der Waals surface area contributed by atoms with E-state index in [9.17, 15) is 5.11 Å². The van der Waals surface area contributed by atoms with Crippen LogP contribution in [-0.2, 0) is 49.3 Å². The van der Waals surface area contributed by atoms with E-state index in [4.69, 9.17) is 14.7 Å². The second-order valence-electron chi connectivity index (χ2n) is 25.0. The molecule has 10 rings (SSSR count). The van der Waals surface area contributed by atoms with Crippen LogP contribution in [-0.4, -0.2) is 19.6 Å². The van der Waals surface area contributed by atoms with Gasteiger partial charge in [0.1, 0.15) is 17.2 Å². The first kappa shape index (κ1) is 52.3. The van der Waals surface area contributed by atoms with Crippen molar-refractivity contribution in [2.45, 2.75) is 125 Å². The number of hydrogen-bond donors (Lipinski definition) is 1. The third kappa shape index (κ3) is 9.93. The summed E-state index contributed by atoms with van der Waals surface area (Å²) in [6, 6.07) is 56.1. The summed E-state index contributed by atoms with van der Waals surface area (Å²) in [7, 11) is 0. The largest absolute Gasteiger partial charge is 0.518 e. The fourth-order valence-electron chi connectivity index (χ4n) is 10.5. The van der Waals surface area contributed by atoms with Gasteiger partial charge in [-0.15, -0.1) is 17.7 Å². The van der Waals surface area contributed by atoms with Crippen LogP contribution in [0.5, 0.6) is 11.5 Å². The van der Waals surface area contributed by atoms with Gasteiger partial charge < -0.3 is 9.84 Å². The predicted molar refractivity (Wildman–Crippen MR) is 305 cm³/mol. The fraction of sp³-hybridized carbons (Fsp3) is 0.294. The Balaban J connectivity index is 0.00000672. The fourth-order valence-corrected chi connectivity index (χ4v) is 10.5. The maximum Gasteiger partial charge on any atom is 0.148 e. The Morgan fingerprint density at radius 2 is 1.24 bits per heavy atom. The van der Waals surface area contributed by atoms with Crippen LogP contribution in [0.25, 0.3) is 83.9 Å². The van der Waals surface area contributed by atoms with Crippen molar-refractivity contribution in [3.63, 3.8) is 0 Å². The smallest absolute Gasteiger partial charge is 0.148 e. The van der Waals surface area contributed by atoms with Crippen molar-refractivity contribution in [1.82, 2.24) is 14.5 Å². The Morgan fingerprint density at radius 1 is 0.581 bits per heavy atom. The van der Waals surface area contributed by atoms with Gasteiger partial charge in [-0.1, -0.05) is 203 Å². The molecule has 0 spiro atoms. The molecule has 74 heavy (non-hydrogen) atoms. The molecule has 1 aliphatic rings. The maximum absolute atomic E-state index is 12.7. The van der Waals surface area contributed by atoms with Crippen molar-refractivity contribution in [3.8, 4) is 84.3 Å². The minimum Gasteiger partial charge on any atom is -0.518 e. The van der Waals surface area contributed by atoms with Gasteiger partial charge in [0.25, 0.3) is 0 Å². The van der Waals surface area contributed by atoms with E-state index >= 15 is 0 Å². The van der Waals surface area contributed by atoms with Crippen molar-refractivity contribution in [2.24, 2.45) is 5.41 Å². The molecule has 0 amide bonds. The number of phenolic OH excluding ortho intramolecular Hbond substituents is 1. The van der Waals surface area contributed by atoms with Gasteiger partial charge in [0.2, 0.25) is 0 Å². The first-order chi connectivity index (χ1) is 34.4. The molecule has 1 aliphatic heterocycles. The van der Waals surface area contributed by atoms with Crippen molar-refractivity contribution in [2.75, 3.05) is 0 Å². The molecule has 0 unspecified atom stereocenters. The molecule has 0 saturated carbocycles. The monoisotopic (exact) mass is 1160 g/mol. The number of nitrogens with zero attached hydrogens (tertiary/aromatic N) is 3. The van der Waals surface area contributed by atoms with Gasteiger partial charge in [-0.2, -0.15) is 0 Å². The topological polar surface area (TPSA) is 60.2 Å². The number of hydrogen-bond acceptors (Lipinski definition) is 4. The molecule has 2 aromatic heterocycles. The van der Waals surface area contributed by atoms with Crippen molar-refractivity contribution in [1.29, 1.82) is 0 Å². The average molecular weight is 1160 g/mol. The van der Waals surface area contributed by atoms with E-state index in [2.05, 4.69) is 253 Å². The second-order valence-corrected chi connectivity index (χ2v) is 25.0. The van der Waals surface area contributed by atoms with Crippen LogP contribution in [0.15, 0.2) is 152 Å². The van der Waals surface area contributed by atoms with Gasteiger partial charge in [0.15, 0.2) is 0 Å². The molecule has 3 heterocycles. The molecular weight excluding hydrogens is 1090 g/mol. The molecule has 6 heteroatoms. The Kier molecular flexibility index (Phi) is 13.4. The van der Waals surface area contributed by atoms with Gasteiger partial charge in [0.05, 0.1) is 28.0 Å². The Hall–Kier alpha value is -6.55. The summed E-state index contributed by atoms with van der Waals surface area (Å²) < 4.78 is 9.39. The molecule has 5 nitrogen and oxygen atoms in total. The first-order valence-corrected chi connectivity index (χ1v) is 25.9. The number of imidazole rings is 1. The summed E-state index contributed by atoms with van der Waals surface area (Å²) in [4.78, 5) is 10.8. The van der Waals surface area contributed by atoms with E-state index in [1.165, 1.54) is 11.1 Å². The number of benzene rings is 7. The zero-order chi connectivity index (χ0) is 52.0. The van der Waals surface area contributed by atoms with Crippen molar-refractivity contribution >= 4 is 11.0 Å². The van der Waals surface area contributed by atoms with E-state index in [1.54, 1.807) is 0 Å². The number of fused-ring (bicyclic) bond motifs is 4. The molecule has 0 fully saturated rings.